The molecule has 1 fully saturated rings. The Kier molecular flexibility index (Phi) is 3.56. The van der Waals surface area contributed by atoms with Crippen molar-refractivity contribution in [3.63, 3.8) is 0 Å². The number of H-pyrrole nitrogens is 1. The van der Waals surface area contributed by atoms with Crippen LogP contribution in [0.25, 0.3) is 11.0 Å². The number of carbonyl (C=O) groups is 1. The fraction of sp³-hybridized carbons (Fsp3) is 0.429. The average Bonchev–Trinajstić information content (AvgIpc) is 2.95. The van der Waals surface area contributed by atoms with Gasteiger partial charge in [0.2, 0.25) is 5.91 Å². The van der Waals surface area contributed by atoms with Crippen LogP contribution >= 0.6 is 0 Å². The van der Waals surface area contributed by atoms with Crippen molar-refractivity contribution in [2.45, 2.75) is 0 Å². The number of hydrogen-bond acceptors (Lipinski definition) is 4. The molecule has 0 unspecified atom stereocenters. The van der Waals surface area contributed by atoms with Gasteiger partial charge in [0, 0.05) is 32.4 Å². The minimum atomic E-state index is 0.171. The number of piperazine rings is 1. The van der Waals surface area contributed by atoms with E-state index >= 15 is 0 Å². The molecule has 3 heterocycles. The number of anilines is 1. The van der Waals surface area contributed by atoms with Crippen LogP contribution in [0.4, 0.5) is 5.69 Å². The summed E-state index contributed by atoms with van der Waals surface area (Å²) in [5, 5.41) is 2.91. The van der Waals surface area contributed by atoms with Crippen LogP contribution in [0.2, 0.25) is 0 Å². The first kappa shape index (κ1) is 12.9. The number of carbonyl (C=O) groups excluding carboxylic acids is 1. The van der Waals surface area contributed by atoms with Crippen molar-refractivity contribution in [2.75, 3.05) is 44.7 Å². The van der Waals surface area contributed by atoms with Crippen LogP contribution in [0.15, 0.2) is 24.5 Å². The second-order valence-electron chi connectivity index (χ2n) is 5.00. The Hall–Kier alpha value is -2.08. The van der Waals surface area contributed by atoms with E-state index in [1.165, 1.54) is 0 Å². The van der Waals surface area contributed by atoms with Crippen molar-refractivity contribution in [1.82, 2.24) is 20.2 Å². The largest absolute Gasteiger partial charge is 0.367 e. The zero-order valence-corrected chi connectivity index (χ0v) is 11.6. The fourth-order valence-corrected chi connectivity index (χ4v) is 2.57. The maximum absolute atomic E-state index is 11.8. The van der Waals surface area contributed by atoms with Gasteiger partial charge in [0.1, 0.15) is 0 Å². The summed E-state index contributed by atoms with van der Waals surface area (Å²) < 4.78 is 0. The Morgan fingerprint density at radius 3 is 2.95 bits per heavy atom. The van der Waals surface area contributed by atoms with Crippen LogP contribution in [0.5, 0.6) is 0 Å². The van der Waals surface area contributed by atoms with Crippen LogP contribution in [0.1, 0.15) is 0 Å². The van der Waals surface area contributed by atoms with Gasteiger partial charge < -0.3 is 20.1 Å². The number of likely N-dealkylation sites (N-methyl/N-ethyl adjacent to an activating group) is 1. The molecule has 2 aromatic rings. The van der Waals surface area contributed by atoms with Crippen LogP contribution in [-0.2, 0) is 4.79 Å². The number of hydrogen-bond donors (Lipinski definition) is 2. The van der Waals surface area contributed by atoms with Gasteiger partial charge in [0.25, 0.3) is 0 Å². The molecule has 0 radical (unpaired) electrons. The number of aromatic amines is 1. The molecule has 0 spiro atoms. The summed E-state index contributed by atoms with van der Waals surface area (Å²) in [5.74, 6) is 0.171. The Morgan fingerprint density at radius 2 is 2.20 bits per heavy atom. The predicted molar refractivity (Wildman–Crippen MR) is 78.8 cm³/mol. The maximum Gasteiger partial charge on any atom is 0.236 e. The molecule has 1 saturated heterocycles. The molecule has 6 nitrogen and oxygen atoms in total. The Bertz CT molecular complexity index is 600. The molecule has 1 aliphatic rings. The monoisotopic (exact) mass is 273 g/mol. The summed E-state index contributed by atoms with van der Waals surface area (Å²) in [6.45, 7) is 3.65. The summed E-state index contributed by atoms with van der Waals surface area (Å²) in [7, 11) is 1.80. The Morgan fingerprint density at radius 1 is 1.40 bits per heavy atom. The quantitative estimate of drug-likeness (QED) is 0.851. The van der Waals surface area contributed by atoms with E-state index < -0.39 is 0 Å². The van der Waals surface area contributed by atoms with E-state index in [1.54, 1.807) is 7.05 Å². The highest BCUT2D eigenvalue weighted by molar-refractivity contribution is 5.79. The number of amides is 1. The second-order valence-corrected chi connectivity index (χ2v) is 5.00. The van der Waals surface area contributed by atoms with Crippen molar-refractivity contribution in [1.29, 1.82) is 0 Å². The van der Waals surface area contributed by atoms with E-state index in [-0.39, 0.29) is 5.91 Å². The van der Waals surface area contributed by atoms with Crippen LogP contribution in [0, 0.1) is 0 Å². The van der Waals surface area contributed by atoms with Crippen LogP contribution < -0.4 is 10.2 Å². The lowest BCUT2D eigenvalue weighted by Crippen LogP contribution is -2.50. The maximum atomic E-state index is 11.8. The molecule has 20 heavy (non-hydrogen) atoms. The van der Waals surface area contributed by atoms with E-state index in [1.807, 2.05) is 23.4 Å². The number of rotatable bonds is 3. The lowest BCUT2D eigenvalue weighted by Gasteiger charge is -2.36. The first-order valence-corrected chi connectivity index (χ1v) is 6.88. The number of nitrogens with zero attached hydrogens (tertiary/aromatic N) is 3. The third-order valence-corrected chi connectivity index (χ3v) is 3.71. The zero-order valence-electron chi connectivity index (χ0n) is 11.6. The number of nitrogens with one attached hydrogen (secondary N) is 2. The molecular formula is C14H19N5O. The Labute approximate surface area is 117 Å². The number of fused-ring (bicyclic) bond motifs is 1. The van der Waals surface area contributed by atoms with Crippen LogP contribution in [0.3, 0.4) is 0 Å². The lowest BCUT2D eigenvalue weighted by atomic mass is 10.2. The standard InChI is InChI=1S/C14H19N5O/c1-15-10-14(20)19-6-4-18(5-7-19)11-8-13-12(17-9-11)2-3-16-13/h2-3,8-9,15-16H,4-7,10H2,1H3. The first-order chi connectivity index (χ1) is 9.78. The topological polar surface area (TPSA) is 64.3 Å². The van der Waals surface area contributed by atoms with Crippen molar-refractivity contribution in [3.8, 4) is 0 Å². The molecule has 3 rings (SSSR count). The Balaban J connectivity index is 1.66. The van der Waals surface area contributed by atoms with Gasteiger partial charge in [-0.05, 0) is 19.2 Å². The third-order valence-electron chi connectivity index (χ3n) is 3.71. The highest BCUT2D eigenvalue weighted by atomic mass is 16.2. The molecule has 0 aliphatic carbocycles. The molecule has 0 bridgehead atoms. The molecule has 2 aromatic heterocycles. The highest BCUT2D eigenvalue weighted by Gasteiger charge is 2.20. The molecular weight excluding hydrogens is 254 g/mol. The zero-order chi connectivity index (χ0) is 13.9. The van der Waals surface area contributed by atoms with Gasteiger partial charge in [-0.2, -0.15) is 0 Å². The third kappa shape index (κ3) is 2.46. The molecule has 106 valence electrons. The van der Waals surface area contributed by atoms with Gasteiger partial charge in [-0.15, -0.1) is 0 Å². The SMILES string of the molecule is CNCC(=O)N1CCN(c2cnc3cc[nH]c3c2)CC1. The minimum absolute atomic E-state index is 0.171. The first-order valence-electron chi connectivity index (χ1n) is 6.88. The summed E-state index contributed by atoms with van der Waals surface area (Å²) >= 11 is 0. The molecule has 6 heteroatoms. The van der Waals surface area contributed by atoms with E-state index in [2.05, 4.69) is 26.3 Å². The summed E-state index contributed by atoms with van der Waals surface area (Å²) in [5.41, 5.74) is 3.15. The van der Waals surface area contributed by atoms with Gasteiger partial charge in [0.15, 0.2) is 0 Å². The van der Waals surface area contributed by atoms with Crippen molar-refractivity contribution in [2.24, 2.45) is 0 Å². The number of pyridine rings is 1. The van der Waals surface area contributed by atoms with Gasteiger partial charge in [-0.3, -0.25) is 9.78 Å². The lowest BCUT2D eigenvalue weighted by molar-refractivity contribution is -0.130. The van der Waals surface area contributed by atoms with Gasteiger partial charge in [-0.1, -0.05) is 0 Å². The van der Waals surface area contributed by atoms with E-state index in [0.29, 0.717) is 6.54 Å². The highest BCUT2D eigenvalue weighted by Crippen LogP contribution is 2.20. The van der Waals surface area contributed by atoms with E-state index in [0.717, 1.165) is 42.9 Å². The smallest absolute Gasteiger partial charge is 0.236 e. The van der Waals surface area contributed by atoms with Gasteiger partial charge >= 0.3 is 0 Å². The van der Waals surface area contributed by atoms with Gasteiger partial charge in [0.05, 0.1) is 29.5 Å². The van der Waals surface area contributed by atoms with Gasteiger partial charge in [-0.25, -0.2) is 0 Å². The molecule has 1 aliphatic heterocycles. The number of aromatic nitrogens is 2. The normalized spacial score (nSPS) is 15.8. The van der Waals surface area contributed by atoms with Crippen LogP contribution in [-0.4, -0.2) is 60.5 Å². The summed E-state index contributed by atoms with van der Waals surface area (Å²) in [6, 6.07) is 4.08. The minimum Gasteiger partial charge on any atom is -0.367 e. The van der Waals surface area contributed by atoms with Crippen molar-refractivity contribution < 1.29 is 4.79 Å². The van der Waals surface area contributed by atoms with E-state index in [9.17, 15) is 4.79 Å². The fourth-order valence-electron chi connectivity index (χ4n) is 2.57. The molecule has 0 atom stereocenters. The van der Waals surface area contributed by atoms with Crippen molar-refractivity contribution in [3.05, 3.63) is 24.5 Å². The average molecular weight is 273 g/mol. The summed E-state index contributed by atoms with van der Waals surface area (Å²) in [4.78, 5) is 23.6. The second kappa shape index (κ2) is 5.50. The molecule has 1 amide bonds. The van der Waals surface area contributed by atoms with E-state index in [4.69, 9.17) is 0 Å². The summed E-state index contributed by atoms with van der Waals surface area (Å²) in [6.07, 6.45) is 3.80. The molecule has 2 N–H and O–H groups in total. The molecule has 0 aromatic carbocycles. The van der Waals surface area contributed by atoms with Crippen molar-refractivity contribution >= 4 is 22.6 Å². The molecule has 0 saturated carbocycles. The predicted octanol–water partition coefficient (Wildman–Crippen LogP) is 0.431.